The van der Waals surface area contributed by atoms with Gasteiger partial charge in [-0.3, -0.25) is 0 Å². The Hall–Kier alpha value is -5.63. The van der Waals surface area contributed by atoms with Crippen molar-refractivity contribution in [1.82, 2.24) is 29.5 Å². The molecular weight excluding hydrogens is 723 g/mol. The molecule has 1 aliphatic heterocycles. The van der Waals surface area contributed by atoms with E-state index in [1.165, 1.54) is 0 Å². The van der Waals surface area contributed by atoms with Crippen molar-refractivity contribution in [1.29, 1.82) is 0 Å². The van der Waals surface area contributed by atoms with Crippen molar-refractivity contribution in [2.75, 3.05) is 55.5 Å². The van der Waals surface area contributed by atoms with Gasteiger partial charge in [0.05, 0.1) is 26.1 Å². The van der Waals surface area contributed by atoms with Crippen molar-refractivity contribution >= 4 is 29.3 Å². The molecule has 1 amide bonds. The smallest absolute Gasteiger partial charge is 0.410 e. The minimum Gasteiger partial charge on any atom is -0.497 e. The summed E-state index contributed by atoms with van der Waals surface area (Å²) in [4.78, 5) is 33.5. The number of nitrogens with one attached hydrogen (secondary N) is 1. The van der Waals surface area contributed by atoms with Gasteiger partial charge < -0.3 is 39.3 Å². The van der Waals surface area contributed by atoms with Crippen LogP contribution >= 0.6 is 0 Å². The first-order chi connectivity index (χ1) is 27.4. The molecule has 1 aliphatic rings. The van der Waals surface area contributed by atoms with Gasteiger partial charge in [0, 0.05) is 57.1 Å². The summed E-state index contributed by atoms with van der Waals surface area (Å²) in [5.41, 5.74) is 4.13. The van der Waals surface area contributed by atoms with Gasteiger partial charge >= 0.3 is 6.09 Å². The summed E-state index contributed by atoms with van der Waals surface area (Å²) in [7, 11) is 3.32. The van der Waals surface area contributed by atoms with Gasteiger partial charge in [0.25, 0.3) is 0 Å². The molecule has 2 unspecified atom stereocenters. The Labute approximate surface area is 335 Å². The number of imidazole rings is 1. The minimum absolute atomic E-state index is 0.166. The van der Waals surface area contributed by atoms with Crippen LogP contribution < -0.4 is 24.6 Å². The molecule has 0 aliphatic carbocycles. The fraction of sp³-hybridized carbons (Fsp3) is 0.465. The number of hydrogen-bond acceptors (Lipinski definition) is 12. The zero-order valence-corrected chi connectivity index (χ0v) is 34.5. The third-order valence-corrected chi connectivity index (χ3v) is 10.1. The fourth-order valence-corrected chi connectivity index (χ4v) is 7.03. The molecular formula is C43H57N9O5. The van der Waals surface area contributed by atoms with Crippen LogP contribution in [0.3, 0.4) is 0 Å². The van der Waals surface area contributed by atoms with E-state index in [2.05, 4.69) is 29.0 Å². The number of methoxy groups -OCH3 is 2. The summed E-state index contributed by atoms with van der Waals surface area (Å²) in [6.07, 6.45) is 4.88. The van der Waals surface area contributed by atoms with Crippen LogP contribution in [-0.2, 0) is 17.8 Å². The Morgan fingerprint density at radius 1 is 0.912 bits per heavy atom. The molecule has 2 N–H and O–H groups in total. The first-order valence-corrected chi connectivity index (χ1v) is 19.8. The molecule has 1 saturated heterocycles. The van der Waals surface area contributed by atoms with Crippen molar-refractivity contribution < 1.29 is 24.1 Å². The first-order valence-electron chi connectivity index (χ1n) is 19.8. The van der Waals surface area contributed by atoms with Crippen molar-refractivity contribution in [2.45, 2.75) is 91.6 Å². The van der Waals surface area contributed by atoms with Gasteiger partial charge in [-0.15, -0.1) is 5.10 Å². The van der Waals surface area contributed by atoms with Crippen LogP contribution in [0.4, 0.5) is 22.4 Å². The summed E-state index contributed by atoms with van der Waals surface area (Å²) in [6.45, 7) is 15.3. The zero-order chi connectivity index (χ0) is 40.7. The average molecular weight is 780 g/mol. The number of carbonyl (C=O) groups is 1. The van der Waals surface area contributed by atoms with Crippen LogP contribution in [0.5, 0.6) is 11.5 Å². The largest absolute Gasteiger partial charge is 0.497 e. The number of benzene rings is 2. The van der Waals surface area contributed by atoms with E-state index in [1.807, 2.05) is 82.3 Å². The standard InChI is InChI=1S/C43H57N9O5/c1-9-11-33(10-2)46-41-47-40(51(27-30-12-16-34(55-7)17-13-30)28-31-14-18-35(56-8)19-15-31)39-45-26-36(52(39)48-41)37(53)32-24-29(3)38(44-25-32)49-20-22-50(23-21-49)42(54)57-43(4,5)6/h12-19,24-26,33,37,53H,9-11,20-23,27-28H2,1-8H3,(H,46,48). The lowest BCUT2D eigenvalue weighted by Crippen LogP contribution is -2.50. The number of ether oxygens (including phenoxy) is 3. The number of anilines is 3. The van der Waals surface area contributed by atoms with E-state index in [9.17, 15) is 9.90 Å². The molecule has 304 valence electrons. The quantitative estimate of drug-likeness (QED) is 0.111. The predicted octanol–water partition coefficient (Wildman–Crippen LogP) is 7.18. The van der Waals surface area contributed by atoms with Gasteiger partial charge in [-0.1, -0.05) is 44.5 Å². The van der Waals surface area contributed by atoms with Crippen LogP contribution in [0.2, 0.25) is 0 Å². The lowest BCUT2D eigenvalue weighted by Gasteiger charge is -2.36. The molecule has 6 rings (SSSR count). The van der Waals surface area contributed by atoms with Crippen LogP contribution in [0.15, 0.2) is 67.0 Å². The number of nitrogens with zero attached hydrogens (tertiary/aromatic N) is 8. The maximum Gasteiger partial charge on any atom is 0.410 e. The molecule has 14 heteroatoms. The molecule has 2 atom stereocenters. The summed E-state index contributed by atoms with van der Waals surface area (Å²) in [5, 5.41) is 20.5. The summed E-state index contributed by atoms with van der Waals surface area (Å²) < 4.78 is 18.2. The fourth-order valence-electron chi connectivity index (χ4n) is 7.03. The minimum atomic E-state index is -1.07. The number of carbonyl (C=O) groups excluding carboxylic acids is 1. The number of aliphatic hydroxyl groups is 1. The number of piperazine rings is 1. The molecule has 57 heavy (non-hydrogen) atoms. The van der Waals surface area contributed by atoms with E-state index in [-0.39, 0.29) is 12.1 Å². The summed E-state index contributed by atoms with van der Waals surface area (Å²) in [6, 6.07) is 18.1. The van der Waals surface area contributed by atoms with Gasteiger partial charge in [0.15, 0.2) is 11.5 Å². The van der Waals surface area contributed by atoms with Crippen molar-refractivity contribution in [2.24, 2.45) is 0 Å². The Kier molecular flexibility index (Phi) is 13.0. The third-order valence-electron chi connectivity index (χ3n) is 10.1. The number of aliphatic hydroxyl groups excluding tert-OH is 1. The highest BCUT2D eigenvalue weighted by molar-refractivity contribution is 5.69. The first kappa shape index (κ1) is 41.0. The monoisotopic (exact) mass is 779 g/mol. The second kappa shape index (κ2) is 18.1. The third kappa shape index (κ3) is 10.0. The Morgan fingerprint density at radius 3 is 2.05 bits per heavy atom. The van der Waals surface area contributed by atoms with Gasteiger partial charge in [-0.25, -0.2) is 19.3 Å². The molecule has 0 radical (unpaired) electrons. The number of aromatic nitrogens is 5. The number of hydrogen-bond donors (Lipinski definition) is 2. The molecule has 0 bridgehead atoms. The normalized spacial score (nSPS) is 14.3. The lowest BCUT2D eigenvalue weighted by molar-refractivity contribution is 0.0240. The predicted molar refractivity (Wildman–Crippen MR) is 222 cm³/mol. The Balaban J connectivity index is 1.34. The molecule has 0 saturated carbocycles. The van der Waals surface area contributed by atoms with Crippen LogP contribution in [0.25, 0.3) is 5.65 Å². The van der Waals surface area contributed by atoms with Gasteiger partial charge in [-0.2, -0.15) is 4.98 Å². The maximum atomic E-state index is 12.6. The van der Waals surface area contributed by atoms with Crippen molar-refractivity contribution in [3.8, 4) is 11.5 Å². The Bertz CT molecular complexity index is 2040. The number of amides is 1. The topological polar surface area (TPSA) is 143 Å². The van der Waals surface area contributed by atoms with E-state index in [0.717, 1.165) is 53.3 Å². The van der Waals surface area contributed by atoms with Crippen LogP contribution in [0, 0.1) is 6.92 Å². The number of aryl methyl sites for hydroxylation is 1. The maximum absolute atomic E-state index is 12.6. The SMILES string of the molecule is CCCC(CC)Nc1nc(N(Cc2ccc(OC)cc2)Cc2ccc(OC)cc2)c2ncc(C(O)c3cnc(N4CCN(C(=O)OC(C)(C)C)CC4)c(C)c3)n2n1. The van der Waals surface area contributed by atoms with Crippen LogP contribution in [0.1, 0.15) is 87.9 Å². The van der Waals surface area contributed by atoms with Gasteiger partial charge in [0.2, 0.25) is 5.95 Å². The van der Waals surface area contributed by atoms with Gasteiger partial charge in [-0.05, 0) is 87.6 Å². The van der Waals surface area contributed by atoms with E-state index in [1.54, 1.807) is 36.0 Å². The van der Waals surface area contributed by atoms with Crippen molar-refractivity contribution in [3.63, 3.8) is 0 Å². The summed E-state index contributed by atoms with van der Waals surface area (Å²) in [5.74, 6) is 3.46. The molecule has 4 heterocycles. The highest BCUT2D eigenvalue weighted by Crippen LogP contribution is 2.31. The van der Waals surface area contributed by atoms with E-state index in [4.69, 9.17) is 34.3 Å². The number of rotatable bonds is 15. The second-order valence-corrected chi connectivity index (χ2v) is 15.5. The zero-order valence-electron chi connectivity index (χ0n) is 34.5. The van der Waals surface area contributed by atoms with E-state index >= 15 is 0 Å². The lowest BCUT2D eigenvalue weighted by atomic mass is 10.1. The van der Waals surface area contributed by atoms with Gasteiger partial charge in [0.1, 0.15) is 29.0 Å². The number of pyridine rings is 1. The number of fused-ring (bicyclic) bond motifs is 1. The second-order valence-electron chi connectivity index (χ2n) is 15.5. The van der Waals surface area contributed by atoms with Crippen LogP contribution in [-0.4, -0.2) is 92.7 Å². The van der Waals surface area contributed by atoms with E-state index in [0.29, 0.717) is 67.9 Å². The Morgan fingerprint density at radius 2 is 1.53 bits per heavy atom. The molecule has 1 fully saturated rings. The average Bonchev–Trinajstić information content (AvgIpc) is 3.63. The van der Waals surface area contributed by atoms with Crippen molar-refractivity contribution in [3.05, 3.63) is 94.9 Å². The molecule has 5 aromatic rings. The molecule has 0 spiro atoms. The summed E-state index contributed by atoms with van der Waals surface area (Å²) >= 11 is 0. The highest BCUT2D eigenvalue weighted by Gasteiger charge is 2.28. The molecule has 3 aromatic heterocycles. The molecule has 2 aromatic carbocycles. The highest BCUT2D eigenvalue weighted by atomic mass is 16.6. The molecule has 14 nitrogen and oxygen atoms in total. The van der Waals surface area contributed by atoms with E-state index < -0.39 is 11.7 Å².